The average molecular weight is 454 g/mol. The summed E-state index contributed by atoms with van der Waals surface area (Å²) in [5.41, 5.74) is -0.168. The Balaban J connectivity index is 1.75. The third-order valence-electron chi connectivity index (χ3n) is 5.43. The number of ether oxygens (including phenoxy) is 3. The highest BCUT2D eigenvalue weighted by Crippen LogP contribution is 2.42. The second-order valence-electron chi connectivity index (χ2n) is 7.59. The van der Waals surface area contributed by atoms with E-state index in [-0.39, 0.29) is 41.5 Å². The summed E-state index contributed by atoms with van der Waals surface area (Å²) in [4.78, 5) is 38.2. The van der Waals surface area contributed by atoms with Gasteiger partial charge in [0.25, 0.3) is 0 Å². The van der Waals surface area contributed by atoms with E-state index in [0.29, 0.717) is 12.8 Å². The molecule has 7 nitrogen and oxygen atoms in total. The normalized spacial score (nSPS) is 22.0. The first-order valence-corrected chi connectivity index (χ1v) is 10.6. The summed E-state index contributed by atoms with van der Waals surface area (Å²) in [5, 5.41) is -0.0133. The molecule has 168 valence electrons. The summed E-state index contributed by atoms with van der Waals surface area (Å²) in [6.07, 6.45) is 5.07. The molecule has 1 aromatic rings. The van der Waals surface area contributed by atoms with E-state index in [2.05, 4.69) is 0 Å². The predicted octanol–water partition coefficient (Wildman–Crippen LogP) is 3.67. The number of carbonyl (C=O) groups is 3. The van der Waals surface area contributed by atoms with E-state index in [1.807, 2.05) is 0 Å². The minimum atomic E-state index is -0.775. The van der Waals surface area contributed by atoms with E-state index in [1.54, 1.807) is 6.92 Å². The van der Waals surface area contributed by atoms with E-state index in [4.69, 9.17) is 25.8 Å². The quantitative estimate of drug-likeness (QED) is 0.258. The number of rotatable bonds is 8. The van der Waals surface area contributed by atoms with Gasteiger partial charge in [0.05, 0.1) is 29.2 Å². The SMILES string of the molecule is COCCOC(=O)C=CC(C)Oc1cc(N2C(=O)C3CCCCC3C2=O)c(F)cc1Cl. The lowest BCUT2D eigenvalue weighted by Gasteiger charge is -2.19. The number of fused-ring (bicyclic) bond motifs is 1. The molecular weight excluding hydrogens is 429 g/mol. The van der Waals surface area contributed by atoms with Crippen LogP contribution in [0.1, 0.15) is 32.6 Å². The maximum absolute atomic E-state index is 14.7. The maximum atomic E-state index is 14.7. The number of methoxy groups -OCH3 is 1. The zero-order valence-electron chi connectivity index (χ0n) is 17.4. The predicted molar refractivity (Wildman–Crippen MR) is 111 cm³/mol. The number of anilines is 1. The molecule has 1 saturated heterocycles. The van der Waals surface area contributed by atoms with E-state index < -0.39 is 29.7 Å². The number of hydrogen-bond acceptors (Lipinski definition) is 6. The van der Waals surface area contributed by atoms with Crippen molar-refractivity contribution >= 4 is 35.1 Å². The van der Waals surface area contributed by atoms with E-state index in [9.17, 15) is 18.8 Å². The van der Waals surface area contributed by atoms with Crippen molar-refractivity contribution in [3.8, 4) is 5.75 Å². The summed E-state index contributed by atoms with van der Waals surface area (Å²) in [5.74, 6) is -2.80. The van der Waals surface area contributed by atoms with Crippen molar-refractivity contribution in [1.82, 2.24) is 0 Å². The first kappa shape index (κ1) is 23.2. The highest BCUT2D eigenvalue weighted by atomic mass is 35.5. The van der Waals surface area contributed by atoms with Gasteiger partial charge in [0.1, 0.15) is 24.3 Å². The number of halogens is 2. The molecule has 31 heavy (non-hydrogen) atoms. The molecule has 0 bridgehead atoms. The molecular formula is C22H25ClFNO6. The van der Waals surface area contributed by atoms with Gasteiger partial charge in [0.15, 0.2) is 0 Å². The molecule has 2 aliphatic rings. The van der Waals surface area contributed by atoms with Crippen LogP contribution in [0.25, 0.3) is 0 Å². The van der Waals surface area contributed by atoms with Crippen LogP contribution < -0.4 is 9.64 Å². The molecule has 9 heteroatoms. The van der Waals surface area contributed by atoms with Crippen LogP contribution in [-0.2, 0) is 23.9 Å². The van der Waals surface area contributed by atoms with Crippen molar-refractivity contribution in [3.05, 3.63) is 35.1 Å². The highest BCUT2D eigenvalue weighted by Gasteiger charge is 2.49. The fourth-order valence-corrected chi connectivity index (χ4v) is 4.10. The number of amides is 2. The van der Waals surface area contributed by atoms with Gasteiger partial charge in [-0.1, -0.05) is 24.4 Å². The molecule has 0 N–H and O–H groups in total. The average Bonchev–Trinajstić information content (AvgIpc) is 2.99. The van der Waals surface area contributed by atoms with Gasteiger partial charge in [0, 0.05) is 19.3 Å². The van der Waals surface area contributed by atoms with Gasteiger partial charge >= 0.3 is 5.97 Å². The fraction of sp³-hybridized carbons (Fsp3) is 0.500. The zero-order chi connectivity index (χ0) is 22.5. The van der Waals surface area contributed by atoms with Crippen molar-refractivity contribution in [3.63, 3.8) is 0 Å². The van der Waals surface area contributed by atoms with E-state index in [1.165, 1.54) is 25.3 Å². The molecule has 3 rings (SSSR count). The number of imide groups is 1. The number of benzene rings is 1. The van der Waals surface area contributed by atoms with Gasteiger partial charge in [0.2, 0.25) is 11.8 Å². The first-order chi connectivity index (χ1) is 14.8. The largest absolute Gasteiger partial charge is 0.485 e. The smallest absolute Gasteiger partial charge is 0.330 e. The summed E-state index contributed by atoms with van der Waals surface area (Å²) in [6, 6.07) is 2.27. The Labute approximate surface area is 185 Å². The highest BCUT2D eigenvalue weighted by molar-refractivity contribution is 6.32. The van der Waals surface area contributed by atoms with Crippen molar-refractivity contribution in [1.29, 1.82) is 0 Å². The molecule has 3 atom stereocenters. The number of nitrogens with zero attached hydrogens (tertiary/aromatic N) is 1. The molecule has 2 fully saturated rings. The molecule has 1 saturated carbocycles. The Kier molecular flexibility index (Phi) is 7.67. The Morgan fingerprint density at radius 3 is 2.48 bits per heavy atom. The third kappa shape index (κ3) is 5.25. The van der Waals surface area contributed by atoms with Crippen LogP contribution in [0.5, 0.6) is 5.75 Å². The Bertz CT molecular complexity index is 865. The van der Waals surface area contributed by atoms with Crippen molar-refractivity contribution in [2.45, 2.75) is 38.7 Å². The number of esters is 1. The van der Waals surface area contributed by atoms with Gasteiger partial charge < -0.3 is 14.2 Å². The second kappa shape index (κ2) is 10.2. The van der Waals surface area contributed by atoms with Crippen LogP contribution in [0.4, 0.5) is 10.1 Å². The van der Waals surface area contributed by atoms with Crippen LogP contribution >= 0.6 is 11.6 Å². The Morgan fingerprint density at radius 1 is 1.23 bits per heavy atom. The molecule has 0 spiro atoms. The van der Waals surface area contributed by atoms with Crippen LogP contribution in [0.15, 0.2) is 24.3 Å². The van der Waals surface area contributed by atoms with Gasteiger partial charge in [-0.25, -0.2) is 14.1 Å². The molecule has 1 aliphatic carbocycles. The first-order valence-electron chi connectivity index (χ1n) is 10.2. The molecule has 3 unspecified atom stereocenters. The maximum Gasteiger partial charge on any atom is 0.330 e. The van der Waals surface area contributed by atoms with Crippen molar-refractivity contribution in [2.24, 2.45) is 11.8 Å². The molecule has 2 amide bonds. The van der Waals surface area contributed by atoms with Gasteiger partial charge in [-0.05, 0) is 31.9 Å². The van der Waals surface area contributed by atoms with Crippen LogP contribution in [-0.4, -0.2) is 44.2 Å². The number of hydrogen-bond donors (Lipinski definition) is 0. The molecule has 0 aromatic heterocycles. The van der Waals surface area contributed by atoms with Gasteiger partial charge in [-0.3, -0.25) is 9.59 Å². The summed E-state index contributed by atoms with van der Waals surface area (Å²) < 4.78 is 30.1. The lowest BCUT2D eigenvalue weighted by molar-refractivity contribution is -0.139. The van der Waals surface area contributed by atoms with Crippen molar-refractivity contribution in [2.75, 3.05) is 25.2 Å². The third-order valence-corrected chi connectivity index (χ3v) is 5.73. The standard InChI is InChI=1S/C22H25ClFNO6/c1-13(7-8-20(26)30-10-9-29-2)31-19-12-18(17(24)11-16(19)23)25-21(27)14-5-3-4-6-15(14)22(25)28/h7-8,11-15H,3-6,9-10H2,1-2H3. The van der Waals surface area contributed by atoms with E-state index >= 15 is 0 Å². The molecule has 1 aliphatic heterocycles. The van der Waals surface area contributed by atoms with Crippen LogP contribution in [0.3, 0.4) is 0 Å². The monoisotopic (exact) mass is 453 g/mol. The fourth-order valence-electron chi connectivity index (χ4n) is 3.91. The molecule has 0 radical (unpaired) electrons. The van der Waals surface area contributed by atoms with E-state index in [0.717, 1.165) is 23.8 Å². The Hall–Kier alpha value is -2.45. The zero-order valence-corrected chi connectivity index (χ0v) is 18.2. The van der Waals surface area contributed by atoms with Crippen LogP contribution in [0, 0.1) is 17.7 Å². The summed E-state index contributed by atoms with van der Waals surface area (Å²) >= 11 is 6.11. The van der Waals surface area contributed by atoms with Gasteiger partial charge in [-0.2, -0.15) is 0 Å². The molecule has 1 heterocycles. The van der Waals surface area contributed by atoms with Crippen LogP contribution in [0.2, 0.25) is 5.02 Å². The number of carbonyl (C=O) groups excluding carboxylic acids is 3. The van der Waals surface area contributed by atoms with Crippen molar-refractivity contribution < 1.29 is 33.0 Å². The van der Waals surface area contributed by atoms with Gasteiger partial charge in [-0.15, -0.1) is 0 Å². The molecule has 1 aromatic carbocycles. The second-order valence-corrected chi connectivity index (χ2v) is 7.99. The summed E-state index contributed by atoms with van der Waals surface area (Å²) in [7, 11) is 1.50. The summed E-state index contributed by atoms with van der Waals surface area (Å²) in [6.45, 7) is 2.07. The minimum absolute atomic E-state index is 0.0133. The lowest BCUT2D eigenvalue weighted by atomic mass is 9.81. The lowest BCUT2D eigenvalue weighted by Crippen LogP contribution is -2.31. The Morgan fingerprint density at radius 2 is 1.87 bits per heavy atom. The minimum Gasteiger partial charge on any atom is -0.485 e. The topological polar surface area (TPSA) is 82.1 Å².